The second-order valence-corrected chi connectivity index (χ2v) is 5.14. The van der Waals surface area contributed by atoms with Gasteiger partial charge in [-0.3, -0.25) is 0 Å². The zero-order valence-electron chi connectivity index (χ0n) is 10.5. The van der Waals surface area contributed by atoms with Gasteiger partial charge in [-0.15, -0.1) is 11.6 Å². The molecule has 0 aliphatic rings. The predicted molar refractivity (Wildman–Crippen MR) is 74.6 cm³/mol. The van der Waals surface area contributed by atoms with Gasteiger partial charge in [-0.2, -0.15) is 0 Å². The molecule has 0 heterocycles. The molecule has 94 valence electrons. The molecule has 18 heavy (non-hydrogen) atoms. The van der Waals surface area contributed by atoms with Crippen LogP contribution in [0.5, 0.6) is 0 Å². The minimum Gasteiger partial charge on any atom is -0.207 e. The molecule has 0 nitrogen and oxygen atoms in total. The molecule has 0 saturated carbocycles. The first kappa shape index (κ1) is 13.1. The van der Waals surface area contributed by atoms with Crippen LogP contribution < -0.4 is 0 Å². The van der Waals surface area contributed by atoms with Crippen molar-refractivity contribution in [2.75, 3.05) is 0 Å². The molecule has 0 aliphatic heterocycles. The van der Waals surface area contributed by atoms with E-state index in [4.69, 9.17) is 11.6 Å². The number of alkyl halides is 1. The zero-order chi connectivity index (χ0) is 13.1. The maximum absolute atomic E-state index is 13.6. The number of benzene rings is 2. The van der Waals surface area contributed by atoms with Crippen LogP contribution in [0, 0.1) is 5.82 Å². The van der Waals surface area contributed by atoms with Crippen molar-refractivity contribution in [3.05, 3.63) is 71.0 Å². The van der Waals surface area contributed by atoms with E-state index in [1.54, 1.807) is 18.2 Å². The van der Waals surface area contributed by atoms with Crippen LogP contribution in [-0.2, 0) is 0 Å². The molecule has 0 bridgehead atoms. The van der Waals surface area contributed by atoms with Gasteiger partial charge in [0.2, 0.25) is 0 Å². The van der Waals surface area contributed by atoms with Crippen LogP contribution in [0.2, 0.25) is 0 Å². The molecule has 0 aliphatic carbocycles. The van der Waals surface area contributed by atoms with Crippen molar-refractivity contribution in [1.82, 2.24) is 0 Å². The fourth-order valence-corrected chi connectivity index (χ4v) is 2.23. The molecular weight excluding hydrogens is 247 g/mol. The molecule has 0 spiro atoms. The van der Waals surface area contributed by atoms with Gasteiger partial charge in [-0.05, 0) is 23.1 Å². The smallest absolute Gasteiger partial charge is 0.128 e. The average molecular weight is 263 g/mol. The Balaban J connectivity index is 2.29. The summed E-state index contributed by atoms with van der Waals surface area (Å²) in [7, 11) is 0. The lowest BCUT2D eigenvalue weighted by atomic mass is 9.98. The molecule has 0 radical (unpaired) electrons. The molecule has 2 aromatic rings. The third-order valence-corrected chi connectivity index (χ3v) is 3.56. The van der Waals surface area contributed by atoms with Crippen molar-refractivity contribution in [3.8, 4) is 0 Å². The summed E-state index contributed by atoms with van der Waals surface area (Å²) in [4.78, 5) is 0. The highest BCUT2D eigenvalue weighted by Gasteiger charge is 2.14. The Hall–Kier alpha value is -1.34. The van der Waals surface area contributed by atoms with Crippen molar-refractivity contribution in [2.24, 2.45) is 0 Å². The number of halogens is 2. The van der Waals surface area contributed by atoms with Crippen molar-refractivity contribution in [1.29, 1.82) is 0 Å². The maximum Gasteiger partial charge on any atom is 0.128 e. The van der Waals surface area contributed by atoms with Crippen LogP contribution in [0.1, 0.15) is 41.8 Å². The molecule has 1 atom stereocenters. The van der Waals surface area contributed by atoms with E-state index in [0.29, 0.717) is 11.5 Å². The summed E-state index contributed by atoms with van der Waals surface area (Å²) < 4.78 is 13.6. The zero-order valence-corrected chi connectivity index (χ0v) is 11.3. The first-order valence-electron chi connectivity index (χ1n) is 6.08. The summed E-state index contributed by atoms with van der Waals surface area (Å²) in [5.41, 5.74) is 2.71. The Morgan fingerprint density at radius 2 is 1.44 bits per heavy atom. The maximum atomic E-state index is 13.6. The van der Waals surface area contributed by atoms with Gasteiger partial charge in [0.1, 0.15) is 5.82 Å². The summed E-state index contributed by atoms with van der Waals surface area (Å²) in [5.74, 6) is 0.228. The second kappa shape index (κ2) is 5.53. The summed E-state index contributed by atoms with van der Waals surface area (Å²) in [6, 6.07) is 14.7. The van der Waals surface area contributed by atoms with Crippen LogP contribution >= 0.6 is 11.6 Å². The third-order valence-electron chi connectivity index (χ3n) is 3.07. The third kappa shape index (κ3) is 2.73. The van der Waals surface area contributed by atoms with E-state index in [2.05, 4.69) is 26.0 Å². The van der Waals surface area contributed by atoms with Gasteiger partial charge < -0.3 is 0 Å². The topological polar surface area (TPSA) is 0 Å². The Kier molecular flexibility index (Phi) is 4.03. The molecule has 0 amide bonds. The molecule has 2 heteroatoms. The Morgan fingerprint density at radius 1 is 0.889 bits per heavy atom. The van der Waals surface area contributed by atoms with Gasteiger partial charge in [0.25, 0.3) is 0 Å². The van der Waals surface area contributed by atoms with E-state index in [1.165, 1.54) is 11.6 Å². The van der Waals surface area contributed by atoms with E-state index in [9.17, 15) is 4.39 Å². The minimum absolute atomic E-state index is 0.259. The van der Waals surface area contributed by atoms with Crippen molar-refractivity contribution < 1.29 is 4.39 Å². The molecule has 1 unspecified atom stereocenters. The van der Waals surface area contributed by atoms with Gasteiger partial charge in [0, 0.05) is 5.56 Å². The van der Waals surface area contributed by atoms with Crippen LogP contribution in [0.25, 0.3) is 0 Å². The Labute approximate surface area is 112 Å². The molecule has 2 rings (SSSR count). The quantitative estimate of drug-likeness (QED) is 0.661. The normalized spacial score (nSPS) is 12.7. The minimum atomic E-state index is -0.438. The fraction of sp³-hybridized carbons (Fsp3) is 0.250. The number of rotatable bonds is 3. The highest BCUT2D eigenvalue weighted by molar-refractivity contribution is 6.22. The van der Waals surface area contributed by atoms with E-state index < -0.39 is 5.38 Å². The van der Waals surface area contributed by atoms with Crippen molar-refractivity contribution >= 4 is 11.6 Å². The number of hydrogen-bond donors (Lipinski definition) is 0. The van der Waals surface area contributed by atoms with E-state index in [0.717, 1.165) is 5.56 Å². The molecular formula is C16H16ClF. The fourth-order valence-electron chi connectivity index (χ4n) is 1.91. The van der Waals surface area contributed by atoms with Crippen LogP contribution in [0.4, 0.5) is 4.39 Å². The summed E-state index contributed by atoms with van der Waals surface area (Å²) >= 11 is 6.33. The number of hydrogen-bond acceptors (Lipinski definition) is 0. The Morgan fingerprint density at radius 3 is 2.00 bits per heavy atom. The first-order chi connectivity index (χ1) is 8.59. The van der Waals surface area contributed by atoms with Crippen LogP contribution in [0.3, 0.4) is 0 Å². The van der Waals surface area contributed by atoms with Crippen molar-refractivity contribution in [3.63, 3.8) is 0 Å². The predicted octanol–water partition coefficient (Wildman–Crippen LogP) is 5.28. The van der Waals surface area contributed by atoms with E-state index in [-0.39, 0.29) is 5.82 Å². The molecule has 2 aromatic carbocycles. The van der Waals surface area contributed by atoms with E-state index in [1.807, 2.05) is 12.1 Å². The van der Waals surface area contributed by atoms with Crippen LogP contribution in [-0.4, -0.2) is 0 Å². The van der Waals surface area contributed by atoms with Gasteiger partial charge in [-0.25, -0.2) is 4.39 Å². The monoisotopic (exact) mass is 262 g/mol. The molecule has 0 saturated heterocycles. The summed E-state index contributed by atoms with van der Waals surface area (Å²) in [6.45, 7) is 4.29. The first-order valence-corrected chi connectivity index (χ1v) is 6.51. The summed E-state index contributed by atoms with van der Waals surface area (Å²) in [6.07, 6.45) is 0. The van der Waals surface area contributed by atoms with Crippen molar-refractivity contribution in [2.45, 2.75) is 25.1 Å². The van der Waals surface area contributed by atoms with Gasteiger partial charge >= 0.3 is 0 Å². The van der Waals surface area contributed by atoms with Gasteiger partial charge in [0.15, 0.2) is 0 Å². The van der Waals surface area contributed by atoms with Crippen LogP contribution in [0.15, 0.2) is 48.5 Å². The molecule has 0 aromatic heterocycles. The average Bonchev–Trinajstić information content (AvgIpc) is 2.38. The lowest BCUT2D eigenvalue weighted by molar-refractivity contribution is 0.612. The molecule has 0 N–H and O–H groups in total. The largest absolute Gasteiger partial charge is 0.207 e. The van der Waals surface area contributed by atoms with E-state index >= 15 is 0 Å². The van der Waals surface area contributed by atoms with Gasteiger partial charge in [-0.1, -0.05) is 56.3 Å². The lowest BCUT2D eigenvalue weighted by Crippen LogP contribution is -1.97. The standard InChI is InChI=1S/C16H16ClF/c1-11(2)12-7-9-13(10-8-12)16(17)14-5-3-4-6-15(14)18/h3-11,16H,1-2H3. The lowest BCUT2D eigenvalue weighted by Gasteiger charge is -2.13. The molecule has 0 fully saturated rings. The SMILES string of the molecule is CC(C)c1ccc(C(Cl)c2ccccc2F)cc1. The highest BCUT2D eigenvalue weighted by Crippen LogP contribution is 2.31. The second-order valence-electron chi connectivity index (χ2n) is 4.71. The summed E-state index contributed by atoms with van der Waals surface area (Å²) in [5, 5.41) is -0.438. The van der Waals surface area contributed by atoms with Gasteiger partial charge in [0.05, 0.1) is 5.38 Å². The highest BCUT2D eigenvalue weighted by atomic mass is 35.5. The Bertz CT molecular complexity index is 517.